The van der Waals surface area contributed by atoms with Crippen LogP contribution in [0.1, 0.15) is 5.69 Å². The Hall–Kier alpha value is -1.26. The van der Waals surface area contributed by atoms with Crippen LogP contribution >= 0.6 is 0 Å². The molecule has 10 heteroatoms. The monoisotopic (exact) mass is 285 g/mol. The Morgan fingerprint density at radius 2 is 2.21 bits per heavy atom. The maximum absolute atomic E-state index is 12.6. The van der Waals surface area contributed by atoms with Crippen LogP contribution in [0, 0.1) is 0 Å². The van der Waals surface area contributed by atoms with E-state index in [1.807, 2.05) is 0 Å². The minimum absolute atomic E-state index is 0.241. The van der Waals surface area contributed by atoms with E-state index in [-0.39, 0.29) is 13.0 Å². The van der Waals surface area contributed by atoms with Crippen LogP contribution in [0.5, 0.6) is 0 Å². The van der Waals surface area contributed by atoms with Crippen LogP contribution < -0.4 is 11.3 Å². The summed E-state index contributed by atoms with van der Waals surface area (Å²) in [5.74, 6) is 1.06. The number of alkyl halides is 4. The number of aryl methyl sites for hydroxylation is 1. The number of aromatic nitrogens is 3. The number of hydrazine groups is 1. The van der Waals surface area contributed by atoms with Gasteiger partial charge < -0.3 is 4.74 Å². The molecule has 1 aromatic heterocycles. The predicted octanol–water partition coefficient (Wildman–Crippen LogP) is 0.106. The fourth-order valence-corrected chi connectivity index (χ4v) is 1.31. The van der Waals surface area contributed by atoms with Crippen molar-refractivity contribution < 1.29 is 22.3 Å². The average Bonchev–Trinajstić information content (AvgIpc) is 2.73. The molecule has 110 valence electrons. The normalized spacial score (nSPS) is 14.1. The van der Waals surface area contributed by atoms with Gasteiger partial charge in [-0.3, -0.25) is 16.0 Å². The van der Waals surface area contributed by atoms with Gasteiger partial charge in [0.1, 0.15) is 6.61 Å². The fourth-order valence-electron chi connectivity index (χ4n) is 1.31. The molecule has 0 spiro atoms. The summed E-state index contributed by atoms with van der Waals surface area (Å²) in [6.45, 7) is -1.60. The van der Waals surface area contributed by atoms with Gasteiger partial charge in [-0.15, -0.1) is 5.10 Å². The summed E-state index contributed by atoms with van der Waals surface area (Å²) in [6, 6.07) is -0.523. The van der Waals surface area contributed by atoms with E-state index < -0.39 is 25.0 Å². The van der Waals surface area contributed by atoms with Crippen molar-refractivity contribution in [2.24, 2.45) is 12.9 Å². The molecule has 6 nitrogen and oxygen atoms in total. The molecule has 0 aliphatic heterocycles. The zero-order valence-corrected chi connectivity index (χ0v) is 10.2. The molecule has 0 aliphatic carbocycles. The molecule has 0 saturated heterocycles. The fraction of sp³-hybridized carbons (Fsp3) is 0.778. The van der Waals surface area contributed by atoms with Crippen molar-refractivity contribution in [2.75, 3.05) is 13.2 Å². The molecule has 0 amide bonds. The summed E-state index contributed by atoms with van der Waals surface area (Å²) >= 11 is 0. The lowest BCUT2D eigenvalue weighted by atomic mass is 10.2. The van der Waals surface area contributed by atoms with Crippen LogP contribution in [0.2, 0.25) is 0 Å². The van der Waals surface area contributed by atoms with Crippen molar-refractivity contribution in [3.63, 3.8) is 0 Å². The lowest BCUT2D eigenvalue weighted by Crippen LogP contribution is -2.42. The first-order chi connectivity index (χ1) is 8.85. The Balaban J connectivity index is 2.37. The SMILES string of the molecule is Cn1cc(CC(COCC(F)(F)C(F)F)NN)nn1. The van der Waals surface area contributed by atoms with E-state index in [9.17, 15) is 17.6 Å². The number of ether oxygens (including phenoxy) is 1. The smallest absolute Gasteiger partial charge is 0.330 e. The molecule has 0 saturated carbocycles. The van der Waals surface area contributed by atoms with E-state index in [1.54, 1.807) is 13.2 Å². The quantitative estimate of drug-likeness (QED) is 0.402. The third kappa shape index (κ3) is 5.09. The summed E-state index contributed by atoms with van der Waals surface area (Å²) < 4.78 is 54.9. The van der Waals surface area contributed by atoms with Crippen LogP contribution in [0.25, 0.3) is 0 Å². The van der Waals surface area contributed by atoms with Crippen molar-refractivity contribution in [3.8, 4) is 0 Å². The Morgan fingerprint density at radius 1 is 1.53 bits per heavy atom. The summed E-state index contributed by atoms with van der Waals surface area (Å²) in [6.07, 6.45) is -1.85. The maximum Gasteiger partial charge on any atom is 0.330 e. The highest BCUT2D eigenvalue weighted by atomic mass is 19.3. The predicted molar refractivity (Wildman–Crippen MR) is 57.6 cm³/mol. The molecule has 0 bridgehead atoms. The number of nitrogens with one attached hydrogen (secondary N) is 1. The van der Waals surface area contributed by atoms with Crippen molar-refractivity contribution >= 4 is 0 Å². The van der Waals surface area contributed by atoms with Crippen molar-refractivity contribution in [1.82, 2.24) is 20.4 Å². The minimum Gasteiger partial charge on any atom is -0.373 e. The van der Waals surface area contributed by atoms with Crippen LogP contribution in [-0.2, 0) is 18.2 Å². The van der Waals surface area contributed by atoms with E-state index in [0.29, 0.717) is 5.69 Å². The zero-order chi connectivity index (χ0) is 14.5. The number of halogens is 4. The first-order valence-electron chi connectivity index (χ1n) is 5.40. The van der Waals surface area contributed by atoms with Crippen molar-refractivity contribution in [2.45, 2.75) is 24.8 Å². The van der Waals surface area contributed by atoms with Gasteiger partial charge in [0.25, 0.3) is 0 Å². The van der Waals surface area contributed by atoms with Gasteiger partial charge in [-0.05, 0) is 0 Å². The third-order valence-corrected chi connectivity index (χ3v) is 2.27. The van der Waals surface area contributed by atoms with Crippen LogP contribution in [0.4, 0.5) is 17.6 Å². The molecular weight excluding hydrogens is 270 g/mol. The van der Waals surface area contributed by atoms with E-state index >= 15 is 0 Å². The largest absolute Gasteiger partial charge is 0.373 e. The molecule has 19 heavy (non-hydrogen) atoms. The van der Waals surface area contributed by atoms with Crippen LogP contribution in [-0.4, -0.2) is 46.6 Å². The van der Waals surface area contributed by atoms with E-state index in [1.165, 1.54) is 4.68 Å². The lowest BCUT2D eigenvalue weighted by Gasteiger charge is -2.18. The van der Waals surface area contributed by atoms with Gasteiger partial charge in [0.2, 0.25) is 0 Å². The number of nitrogens with zero attached hydrogens (tertiary/aromatic N) is 3. The maximum atomic E-state index is 12.6. The number of hydrogen-bond donors (Lipinski definition) is 2. The summed E-state index contributed by atoms with van der Waals surface area (Å²) in [5.41, 5.74) is 2.92. The summed E-state index contributed by atoms with van der Waals surface area (Å²) in [4.78, 5) is 0. The second-order valence-electron chi connectivity index (χ2n) is 4.03. The first-order valence-corrected chi connectivity index (χ1v) is 5.40. The van der Waals surface area contributed by atoms with Crippen LogP contribution in [0.3, 0.4) is 0 Å². The highest BCUT2D eigenvalue weighted by Gasteiger charge is 2.41. The second-order valence-corrected chi connectivity index (χ2v) is 4.03. The van der Waals surface area contributed by atoms with Gasteiger partial charge in [-0.25, -0.2) is 8.78 Å². The van der Waals surface area contributed by atoms with E-state index in [4.69, 9.17) is 5.84 Å². The highest BCUT2D eigenvalue weighted by molar-refractivity contribution is 4.95. The van der Waals surface area contributed by atoms with Gasteiger partial charge in [0, 0.05) is 19.7 Å². The van der Waals surface area contributed by atoms with Gasteiger partial charge in [-0.1, -0.05) is 5.21 Å². The average molecular weight is 285 g/mol. The molecule has 0 aliphatic rings. The molecule has 3 N–H and O–H groups in total. The molecule has 1 rings (SSSR count). The van der Waals surface area contributed by atoms with Crippen molar-refractivity contribution in [1.29, 1.82) is 0 Å². The van der Waals surface area contributed by atoms with Gasteiger partial charge in [0.05, 0.1) is 18.3 Å². The number of rotatable bonds is 8. The molecule has 0 aromatic carbocycles. The Kier molecular flexibility index (Phi) is 5.63. The van der Waals surface area contributed by atoms with E-state index in [2.05, 4.69) is 20.5 Å². The Labute approximate surface area is 106 Å². The van der Waals surface area contributed by atoms with Gasteiger partial charge in [0.15, 0.2) is 0 Å². The van der Waals surface area contributed by atoms with E-state index in [0.717, 1.165) is 0 Å². The molecule has 1 aromatic rings. The molecule has 0 radical (unpaired) electrons. The zero-order valence-electron chi connectivity index (χ0n) is 10.2. The molecular formula is C9H15F4N5O. The first kappa shape index (κ1) is 15.8. The lowest BCUT2D eigenvalue weighted by molar-refractivity contribution is -0.167. The molecule has 1 atom stereocenters. The summed E-state index contributed by atoms with van der Waals surface area (Å²) in [7, 11) is 1.67. The van der Waals surface area contributed by atoms with Crippen molar-refractivity contribution in [3.05, 3.63) is 11.9 Å². The Bertz CT molecular complexity index is 386. The Morgan fingerprint density at radius 3 is 2.68 bits per heavy atom. The highest BCUT2D eigenvalue weighted by Crippen LogP contribution is 2.22. The number of hydrogen-bond acceptors (Lipinski definition) is 5. The van der Waals surface area contributed by atoms with Gasteiger partial charge in [-0.2, -0.15) is 8.78 Å². The third-order valence-electron chi connectivity index (χ3n) is 2.27. The standard InChI is InChI=1S/C9H15F4N5O/c1-18-3-6(16-17-18)2-7(15-14)4-19-5-9(12,13)8(10)11/h3,7-8,15H,2,4-5,14H2,1H3. The molecule has 1 unspecified atom stereocenters. The molecule has 1 heterocycles. The minimum atomic E-state index is -4.16. The van der Waals surface area contributed by atoms with Gasteiger partial charge >= 0.3 is 12.3 Å². The topological polar surface area (TPSA) is 78.0 Å². The van der Waals surface area contributed by atoms with Crippen LogP contribution in [0.15, 0.2) is 6.20 Å². The number of nitrogens with two attached hydrogens (primary N) is 1. The summed E-state index contributed by atoms with van der Waals surface area (Å²) in [5, 5.41) is 7.47. The second kappa shape index (κ2) is 6.78. The molecule has 0 fully saturated rings.